The monoisotopic (exact) mass is 415 g/mol. The molecule has 154 valence electrons. The zero-order valence-corrected chi connectivity index (χ0v) is 17.4. The molecule has 2 atom stereocenters. The molecule has 0 bridgehead atoms. The van der Waals surface area contributed by atoms with Crippen LogP contribution >= 0.6 is 0 Å². The fourth-order valence-electron chi connectivity index (χ4n) is 4.26. The van der Waals surface area contributed by atoms with Crippen molar-refractivity contribution in [1.82, 2.24) is 25.3 Å². The first-order valence-electron chi connectivity index (χ1n) is 9.83. The summed E-state index contributed by atoms with van der Waals surface area (Å²) in [6.45, 7) is 4.31. The average molecular weight is 416 g/mol. The molecule has 1 amide bonds. The molecule has 4 rings (SSSR count). The molecule has 1 fully saturated rings. The van der Waals surface area contributed by atoms with Crippen LogP contribution in [-0.2, 0) is 21.1 Å². The number of nitrogens with zero attached hydrogens (tertiary/aromatic N) is 4. The number of fused-ring (bicyclic) bond motifs is 1. The van der Waals surface area contributed by atoms with Gasteiger partial charge in [-0.2, -0.15) is 0 Å². The van der Waals surface area contributed by atoms with Crippen molar-refractivity contribution in [3.63, 3.8) is 0 Å². The lowest BCUT2D eigenvalue weighted by Gasteiger charge is -2.36. The zero-order valence-electron chi connectivity index (χ0n) is 16.6. The second kappa shape index (κ2) is 7.44. The minimum atomic E-state index is -2.98. The van der Waals surface area contributed by atoms with E-state index in [-0.39, 0.29) is 41.2 Å². The van der Waals surface area contributed by atoms with Gasteiger partial charge in [-0.1, -0.05) is 13.8 Å². The van der Waals surface area contributed by atoms with E-state index in [1.807, 2.05) is 0 Å². The van der Waals surface area contributed by atoms with E-state index in [1.165, 1.54) is 0 Å². The van der Waals surface area contributed by atoms with Crippen molar-refractivity contribution in [2.75, 3.05) is 11.5 Å². The maximum Gasteiger partial charge on any atom is 0.220 e. The SMILES string of the molecule is CC1(C)Cc2nc(-c3cnccn3)ncc2[C@@H](NC(=O)C[C@H]2CCS(=O)(=O)C2)C1. The molecule has 0 spiro atoms. The predicted molar refractivity (Wildman–Crippen MR) is 107 cm³/mol. The van der Waals surface area contributed by atoms with Crippen molar-refractivity contribution in [2.24, 2.45) is 11.3 Å². The quantitative estimate of drug-likeness (QED) is 0.811. The van der Waals surface area contributed by atoms with Gasteiger partial charge in [-0.25, -0.2) is 23.4 Å². The highest BCUT2D eigenvalue weighted by molar-refractivity contribution is 7.91. The van der Waals surface area contributed by atoms with Gasteiger partial charge >= 0.3 is 0 Å². The Morgan fingerprint density at radius 3 is 2.76 bits per heavy atom. The zero-order chi connectivity index (χ0) is 20.6. The minimum absolute atomic E-state index is 0.0321. The molecular formula is C20H25N5O3S. The highest BCUT2D eigenvalue weighted by Crippen LogP contribution is 2.40. The van der Waals surface area contributed by atoms with Crippen molar-refractivity contribution in [3.05, 3.63) is 36.0 Å². The number of amides is 1. The van der Waals surface area contributed by atoms with Crippen LogP contribution in [0.4, 0.5) is 0 Å². The molecule has 1 aliphatic heterocycles. The predicted octanol–water partition coefficient (Wildman–Crippen LogP) is 1.89. The van der Waals surface area contributed by atoms with Crippen LogP contribution in [0.3, 0.4) is 0 Å². The molecule has 8 nitrogen and oxygen atoms in total. The molecule has 2 aliphatic rings. The van der Waals surface area contributed by atoms with E-state index in [4.69, 9.17) is 4.98 Å². The first-order chi connectivity index (χ1) is 13.7. The maximum atomic E-state index is 12.6. The number of nitrogens with one attached hydrogen (secondary N) is 1. The van der Waals surface area contributed by atoms with Crippen LogP contribution in [0.25, 0.3) is 11.5 Å². The van der Waals surface area contributed by atoms with Gasteiger partial charge in [-0.3, -0.25) is 9.78 Å². The largest absolute Gasteiger partial charge is 0.349 e. The fraction of sp³-hybridized carbons (Fsp3) is 0.550. The summed E-state index contributed by atoms with van der Waals surface area (Å²) < 4.78 is 23.3. The number of aromatic nitrogens is 4. The van der Waals surface area contributed by atoms with E-state index in [9.17, 15) is 13.2 Å². The highest BCUT2D eigenvalue weighted by atomic mass is 32.2. The number of sulfone groups is 1. The summed E-state index contributed by atoms with van der Waals surface area (Å²) in [4.78, 5) is 30.1. The second-order valence-corrected chi connectivity index (χ2v) is 11.1. The van der Waals surface area contributed by atoms with E-state index in [2.05, 4.69) is 34.1 Å². The van der Waals surface area contributed by atoms with Gasteiger partial charge in [0.05, 0.1) is 29.4 Å². The lowest BCUT2D eigenvalue weighted by Crippen LogP contribution is -2.37. The number of hydrogen-bond donors (Lipinski definition) is 1. The first kappa shape index (κ1) is 19.9. The van der Waals surface area contributed by atoms with Crippen molar-refractivity contribution in [3.8, 4) is 11.5 Å². The Balaban J connectivity index is 1.53. The third-order valence-corrected chi connectivity index (χ3v) is 7.44. The van der Waals surface area contributed by atoms with Crippen LogP contribution in [0, 0.1) is 11.3 Å². The highest BCUT2D eigenvalue weighted by Gasteiger charge is 2.36. The minimum Gasteiger partial charge on any atom is -0.349 e. The van der Waals surface area contributed by atoms with Crippen LogP contribution in [-0.4, -0.2) is 45.8 Å². The van der Waals surface area contributed by atoms with Gasteiger partial charge < -0.3 is 5.32 Å². The summed E-state index contributed by atoms with van der Waals surface area (Å²) in [5.74, 6) is 0.613. The number of rotatable bonds is 4. The Labute approximate surface area is 170 Å². The summed E-state index contributed by atoms with van der Waals surface area (Å²) in [7, 11) is -2.98. The Morgan fingerprint density at radius 2 is 2.07 bits per heavy atom. The van der Waals surface area contributed by atoms with Gasteiger partial charge in [0.2, 0.25) is 5.91 Å². The lowest BCUT2D eigenvalue weighted by molar-refractivity contribution is -0.122. The smallest absolute Gasteiger partial charge is 0.220 e. The average Bonchev–Trinajstić information content (AvgIpc) is 2.99. The molecule has 1 saturated heterocycles. The summed E-state index contributed by atoms with van der Waals surface area (Å²) in [5.41, 5.74) is 2.41. The van der Waals surface area contributed by atoms with Crippen LogP contribution in [0.1, 0.15) is 50.4 Å². The van der Waals surface area contributed by atoms with Gasteiger partial charge in [0.15, 0.2) is 15.7 Å². The van der Waals surface area contributed by atoms with Crippen molar-refractivity contribution >= 4 is 15.7 Å². The van der Waals surface area contributed by atoms with E-state index in [0.717, 1.165) is 24.1 Å². The molecule has 1 N–H and O–H groups in total. The molecule has 29 heavy (non-hydrogen) atoms. The summed E-state index contributed by atoms with van der Waals surface area (Å²) >= 11 is 0. The van der Waals surface area contributed by atoms with Crippen LogP contribution < -0.4 is 5.32 Å². The van der Waals surface area contributed by atoms with Crippen LogP contribution in [0.2, 0.25) is 0 Å². The van der Waals surface area contributed by atoms with E-state index < -0.39 is 9.84 Å². The van der Waals surface area contributed by atoms with Crippen molar-refractivity contribution < 1.29 is 13.2 Å². The molecule has 2 aromatic heterocycles. The third kappa shape index (κ3) is 4.60. The van der Waals surface area contributed by atoms with Gasteiger partial charge in [-0.15, -0.1) is 0 Å². The first-order valence-corrected chi connectivity index (χ1v) is 11.6. The Hall–Kier alpha value is -2.42. The van der Waals surface area contributed by atoms with Crippen molar-refractivity contribution in [1.29, 1.82) is 0 Å². The standard InChI is InChI=1S/C20H25N5O3S/c1-20(2)8-15(24-18(26)7-13-3-6-29(27,28)12-13)14-10-23-19(25-16(14)9-20)17-11-21-4-5-22-17/h4-5,10-11,13,15H,3,6-9,12H2,1-2H3,(H,24,26)/t13-,15+/m1/s1. The Kier molecular flexibility index (Phi) is 5.10. The number of carbonyl (C=O) groups excluding carboxylic acids is 1. The van der Waals surface area contributed by atoms with E-state index >= 15 is 0 Å². The van der Waals surface area contributed by atoms with E-state index in [0.29, 0.717) is 17.9 Å². The van der Waals surface area contributed by atoms with Gasteiger partial charge in [0.1, 0.15) is 5.69 Å². The maximum absolute atomic E-state index is 12.6. The molecule has 2 aromatic rings. The molecule has 0 saturated carbocycles. The summed E-state index contributed by atoms with van der Waals surface area (Å²) in [6, 6.07) is -0.185. The molecule has 3 heterocycles. The number of carbonyl (C=O) groups is 1. The van der Waals surface area contributed by atoms with Crippen molar-refractivity contribution in [2.45, 2.75) is 45.6 Å². The fourth-order valence-corrected chi connectivity index (χ4v) is 6.12. The second-order valence-electron chi connectivity index (χ2n) is 8.82. The Bertz CT molecular complexity index is 1020. The van der Waals surface area contributed by atoms with Gasteiger partial charge in [-0.05, 0) is 30.6 Å². The third-order valence-electron chi connectivity index (χ3n) is 5.61. The van der Waals surface area contributed by atoms with E-state index in [1.54, 1.807) is 24.8 Å². The molecule has 0 unspecified atom stereocenters. The van der Waals surface area contributed by atoms with Gasteiger partial charge in [0.25, 0.3) is 0 Å². The van der Waals surface area contributed by atoms with Crippen LogP contribution in [0.5, 0.6) is 0 Å². The Morgan fingerprint density at radius 1 is 1.24 bits per heavy atom. The molecule has 0 radical (unpaired) electrons. The molecule has 9 heteroatoms. The normalized spacial score (nSPS) is 24.6. The topological polar surface area (TPSA) is 115 Å². The van der Waals surface area contributed by atoms with Crippen LogP contribution in [0.15, 0.2) is 24.8 Å². The molecule has 1 aliphatic carbocycles. The molecule has 0 aromatic carbocycles. The lowest BCUT2D eigenvalue weighted by atomic mass is 9.74. The molecular weight excluding hydrogens is 390 g/mol. The van der Waals surface area contributed by atoms with Gasteiger partial charge in [0, 0.05) is 30.6 Å². The summed E-state index contributed by atoms with van der Waals surface area (Å²) in [5, 5.41) is 3.10. The number of hydrogen-bond acceptors (Lipinski definition) is 7. The summed E-state index contributed by atoms with van der Waals surface area (Å²) in [6.07, 6.45) is 8.97.